The maximum Gasteiger partial charge on any atom is 0.310 e. The summed E-state index contributed by atoms with van der Waals surface area (Å²) in [5.41, 5.74) is -1.04. The van der Waals surface area contributed by atoms with Crippen molar-refractivity contribution in [2.45, 2.75) is 18.6 Å². The van der Waals surface area contributed by atoms with Gasteiger partial charge in [-0.2, -0.15) is 17.0 Å². The van der Waals surface area contributed by atoms with Crippen molar-refractivity contribution in [1.29, 1.82) is 0 Å². The number of halogens is 1. The Labute approximate surface area is 102 Å². The van der Waals surface area contributed by atoms with Crippen molar-refractivity contribution in [3.8, 4) is 0 Å². The predicted molar refractivity (Wildman–Crippen MR) is 62.5 cm³/mol. The first-order chi connectivity index (χ1) is 7.99. The maximum atomic E-state index is 13.3. The molecule has 0 amide bonds. The van der Waals surface area contributed by atoms with E-state index < -0.39 is 28.6 Å². The molecule has 7 heteroatoms. The molecule has 2 unspecified atom stereocenters. The molecule has 0 aliphatic carbocycles. The van der Waals surface area contributed by atoms with Crippen LogP contribution in [0.15, 0.2) is 18.2 Å². The zero-order valence-corrected chi connectivity index (χ0v) is 9.68. The van der Waals surface area contributed by atoms with Gasteiger partial charge in [0.05, 0.1) is 16.6 Å². The fourth-order valence-electron chi connectivity index (χ4n) is 1.46. The minimum absolute atomic E-state index is 0.151. The van der Waals surface area contributed by atoms with Crippen LogP contribution in [0.4, 0.5) is 10.1 Å². The molecule has 0 radical (unpaired) electrons. The first-order valence-corrected chi connectivity index (χ1v) is 5.52. The zero-order valence-electron chi connectivity index (χ0n) is 8.78. The highest BCUT2D eigenvalue weighted by molar-refractivity contribution is 7.80. The highest BCUT2D eigenvalue weighted by Gasteiger charge is 2.28. The van der Waals surface area contributed by atoms with Crippen LogP contribution in [0.2, 0.25) is 0 Å². The average Bonchev–Trinajstić information content (AvgIpc) is 2.27. The number of hydrogen-bond acceptors (Lipinski definition) is 5. The molecule has 0 saturated heterocycles. The van der Waals surface area contributed by atoms with Crippen LogP contribution in [0.25, 0.3) is 0 Å². The van der Waals surface area contributed by atoms with Crippen molar-refractivity contribution in [3.05, 3.63) is 39.7 Å². The lowest BCUT2D eigenvalue weighted by Gasteiger charge is -2.17. The molecular weight excluding hydrogens is 249 g/mol. The molecule has 0 saturated carbocycles. The molecule has 1 aromatic rings. The Balaban J connectivity index is 3.13. The van der Waals surface area contributed by atoms with Crippen LogP contribution in [0.5, 0.6) is 0 Å². The molecular formula is C10H12FNO4S. The van der Waals surface area contributed by atoms with E-state index in [2.05, 4.69) is 12.6 Å². The predicted octanol–water partition coefficient (Wildman–Crippen LogP) is 1.45. The van der Waals surface area contributed by atoms with Gasteiger partial charge in [0.25, 0.3) is 0 Å². The summed E-state index contributed by atoms with van der Waals surface area (Å²) in [6, 6.07) is 3.39. The van der Waals surface area contributed by atoms with Gasteiger partial charge in [0, 0.05) is 0 Å². The molecule has 17 heavy (non-hydrogen) atoms. The largest absolute Gasteiger partial charge is 0.390 e. The van der Waals surface area contributed by atoms with E-state index in [0.29, 0.717) is 5.75 Å². The Morgan fingerprint density at radius 3 is 2.65 bits per heavy atom. The molecule has 0 bridgehead atoms. The van der Waals surface area contributed by atoms with Crippen molar-refractivity contribution >= 4 is 18.3 Å². The lowest BCUT2D eigenvalue weighted by Crippen LogP contribution is -2.20. The third-order valence-electron chi connectivity index (χ3n) is 2.31. The summed E-state index contributed by atoms with van der Waals surface area (Å²) in [5.74, 6) is -0.731. The highest BCUT2D eigenvalue weighted by Crippen LogP contribution is 2.30. The number of hydrogen-bond donors (Lipinski definition) is 3. The minimum atomic E-state index is -1.50. The van der Waals surface area contributed by atoms with E-state index in [1.165, 1.54) is 12.1 Å². The summed E-state index contributed by atoms with van der Waals surface area (Å²) in [7, 11) is 0. The van der Waals surface area contributed by atoms with Crippen LogP contribution >= 0.6 is 12.6 Å². The molecule has 2 atom stereocenters. The first-order valence-electron chi connectivity index (χ1n) is 4.88. The molecule has 5 nitrogen and oxygen atoms in total. The molecule has 2 N–H and O–H groups in total. The summed E-state index contributed by atoms with van der Waals surface area (Å²) in [5, 5.41) is 29.9. The van der Waals surface area contributed by atoms with Crippen molar-refractivity contribution < 1.29 is 19.5 Å². The third-order valence-corrected chi connectivity index (χ3v) is 2.57. The van der Waals surface area contributed by atoms with Gasteiger partial charge in [0.1, 0.15) is 6.10 Å². The average molecular weight is 261 g/mol. The molecule has 0 heterocycles. The Morgan fingerprint density at radius 2 is 2.12 bits per heavy atom. The highest BCUT2D eigenvalue weighted by atomic mass is 32.1. The van der Waals surface area contributed by atoms with Gasteiger partial charge in [-0.25, -0.2) is 0 Å². The number of nitro groups is 1. The lowest BCUT2D eigenvalue weighted by molar-refractivity contribution is -0.389. The second kappa shape index (κ2) is 5.95. The van der Waals surface area contributed by atoms with E-state index in [0.717, 1.165) is 6.07 Å². The summed E-state index contributed by atoms with van der Waals surface area (Å²) in [4.78, 5) is 9.77. The Kier molecular flexibility index (Phi) is 4.86. The molecule has 1 aromatic carbocycles. The van der Waals surface area contributed by atoms with Crippen LogP contribution in [-0.4, -0.2) is 27.0 Å². The number of para-hydroxylation sites is 1. The van der Waals surface area contributed by atoms with Gasteiger partial charge in [0.2, 0.25) is 5.82 Å². The fraction of sp³-hybridized carbons (Fsp3) is 0.400. The molecule has 94 valence electrons. The Hall–Kier alpha value is -1.18. The zero-order chi connectivity index (χ0) is 13.0. The summed E-state index contributed by atoms with van der Waals surface area (Å²) >= 11 is 3.87. The quantitative estimate of drug-likeness (QED) is 0.425. The summed E-state index contributed by atoms with van der Waals surface area (Å²) in [6.45, 7) is 0. The van der Waals surface area contributed by atoms with E-state index in [1.807, 2.05) is 0 Å². The van der Waals surface area contributed by atoms with Crippen LogP contribution < -0.4 is 0 Å². The first kappa shape index (κ1) is 13.9. The third kappa shape index (κ3) is 3.15. The van der Waals surface area contributed by atoms with E-state index in [9.17, 15) is 24.7 Å². The fourth-order valence-corrected chi connectivity index (χ4v) is 1.73. The van der Waals surface area contributed by atoms with Crippen LogP contribution in [-0.2, 0) is 0 Å². The van der Waals surface area contributed by atoms with Gasteiger partial charge in [0.15, 0.2) is 0 Å². The summed E-state index contributed by atoms with van der Waals surface area (Å²) < 4.78 is 13.3. The van der Waals surface area contributed by atoms with Gasteiger partial charge < -0.3 is 10.2 Å². The van der Waals surface area contributed by atoms with Gasteiger partial charge in [-0.1, -0.05) is 6.07 Å². The molecule has 0 aromatic heterocycles. The van der Waals surface area contributed by atoms with Crippen molar-refractivity contribution in [2.75, 3.05) is 5.75 Å². The summed E-state index contributed by atoms with van der Waals surface area (Å²) in [6.07, 6.45) is -2.57. The molecule has 0 aliphatic heterocycles. The van der Waals surface area contributed by atoms with Crippen molar-refractivity contribution in [2.24, 2.45) is 0 Å². The molecule has 0 aliphatic rings. The van der Waals surface area contributed by atoms with Crippen molar-refractivity contribution in [1.82, 2.24) is 0 Å². The Morgan fingerprint density at radius 1 is 1.47 bits per heavy atom. The number of rotatable bonds is 5. The van der Waals surface area contributed by atoms with E-state index >= 15 is 0 Å². The van der Waals surface area contributed by atoms with Gasteiger partial charge in [-0.15, -0.1) is 0 Å². The Bertz CT molecular complexity index is 415. The lowest BCUT2D eigenvalue weighted by atomic mass is 10.0. The maximum absolute atomic E-state index is 13.3. The van der Waals surface area contributed by atoms with Crippen LogP contribution in [0.3, 0.4) is 0 Å². The normalized spacial score (nSPS) is 14.4. The number of thiol groups is 1. The van der Waals surface area contributed by atoms with Gasteiger partial charge in [-0.05, 0) is 24.3 Å². The monoisotopic (exact) mass is 261 g/mol. The van der Waals surface area contributed by atoms with Gasteiger partial charge >= 0.3 is 5.69 Å². The topological polar surface area (TPSA) is 83.6 Å². The number of nitro benzene ring substituents is 1. The molecule has 1 rings (SSSR count). The van der Waals surface area contributed by atoms with E-state index in [-0.39, 0.29) is 12.0 Å². The van der Waals surface area contributed by atoms with Crippen LogP contribution in [0.1, 0.15) is 18.1 Å². The number of benzene rings is 1. The molecule has 0 fully saturated rings. The van der Waals surface area contributed by atoms with E-state index in [4.69, 9.17) is 0 Å². The minimum Gasteiger partial charge on any atom is -0.390 e. The smallest absolute Gasteiger partial charge is 0.310 e. The van der Waals surface area contributed by atoms with Crippen LogP contribution in [0, 0.1) is 15.9 Å². The molecule has 0 spiro atoms. The number of aliphatic hydroxyl groups is 2. The van der Waals surface area contributed by atoms with Crippen molar-refractivity contribution in [3.63, 3.8) is 0 Å². The number of nitrogens with zero attached hydrogens (tertiary/aromatic N) is 1. The van der Waals surface area contributed by atoms with E-state index in [1.54, 1.807) is 0 Å². The second-order valence-corrected chi connectivity index (χ2v) is 3.91. The second-order valence-electron chi connectivity index (χ2n) is 3.46. The van der Waals surface area contributed by atoms with Gasteiger partial charge in [-0.3, -0.25) is 10.1 Å². The standard InChI is InChI=1S/C10H12FNO4S/c11-7-3-1-2-6(9(7)12(15)16)10(14)8(13)4-5-17/h1-3,8,10,13-14,17H,4-5H2. The number of aliphatic hydroxyl groups excluding tert-OH is 2. The SMILES string of the molecule is O=[N+]([O-])c1c(F)cccc1C(O)C(O)CCS.